The van der Waals surface area contributed by atoms with Crippen molar-refractivity contribution in [3.8, 4) is 11.5 Å². The van der Waals surface area contributed by atoms with E-state index in [1.165, 1.54) is 18.6 Å². The minimum absolute atomic E-state index is 0.675. The number of nitrogens with zero attached hydrogens (tertiary/aromatic N) is 1. The Morgan fingerprint density at radius 3 is 2.70 bits per heavy atom. The molecule has 1 unspecified atom stereocenters. The van der Waals surface area contributed by atoms with Crippen LogP contribution >= 0.6 is 11.8 Å². The first kappa shape index (κ1) is 17.8. The first-order valence-electron chi connectivity index (χ1n) is 8.15. The highest BCUT2D eigenvalue weighted by Gasteiger charge is 2.15. The summed E-state index contributed by atoms with van der Waals surface area (Å²) in [6, 6.07) is 7.65. The Labute approximate surface area is 143 Å². The van der Waals surface area contributed by atoms with Crippen LogP contribution in [0.1, 0.15) is 19.3 Å². The van der Waals surface area contributed by atoms with Crippen molar-refractivity contribution in [2.24, 2.45) is 4.99 Å². The Kier molecular flexibility index (Phi) is 7.93. The zero-order valence-electron chi connectivity index (χ0n) is 14.0. The van der Waals surface area contributed by atoms with Gasteiger partial charge in [-0.1, -0.05) is 0 Å². The predicted molar refractivity (Wildman–Crippen MR) is 98.0 cm³/mol. The fraction of sp³-hybridized carbons (Fsp3) is 0.588. The summed E-state index contributed by atoms with van der Waals surface area (Å²) >= 11 is 2.05. The summed E-state index contributed by atoms with van der Waals surface area (Å²) in [7, 11) is 3.47. The molecular weight excluding hydrogens is 310 g/mol. The molecule has 1 aliphatic rings. The molecule has 2 rings (SSSR count). The molecular formula is C17H27N3O2S. The van der Waals surface area contributed by atoms with Crippen molar-refractivity contribution in [3.05, 3.63) is 24.3 Å². The third-order valence-electron chi connectivity index (χ3n) is 3.69. The van der Waals surface area contributed by atoms with Crippen molar-refractivity contribution in [2.75, 3.05) is 39.6 Å². The van der Waals surface area contributed by atoms with E-state index >= 15 is 0 Å². The quantitative estimate of drug-likeness (QED) is 0.434. The van der Waals surface area contributed by atoms with Crippen LogP contribution in [0.5, 0.6) is 11.5 Å². The van der Waals surface area contributed by atoms with E-state index in [1.807, 2.05) is 31.3 Å². The summed E-state index contributed by atoms with van der Waals surface area (Å²) in [5.41, 5.74) is 0. The molecule has 0 saturated carbocycles. The average Bonchev–Trinajstić information content (AvgIpc) is 3.11. The van der Waals surface area contributed by atoms with Crippen LogP contribution in [-0.4, -0.2) is 50.8 Å². The lowest BCUT2D eigenvalue weighted by atomic mass is 10.2. The fourth-order valence-electron chi connectivity index (χ4n) is 2.38. The van der Waals surface area contributed by atoms with E-state index in [0.717, 1.165) is 42.2 Å². The van der Waals surface area contributed by atoms with Gasteiger partial charge in [-0.05, 0) is 49.3 Å². The molecule has 0 aliphatic carbocycles. The highest BCUT2D eigenvalue weighted by molar-refractivity contribution is 8.00. The van der Waals surface area contributed by atoms with Crippen LogP contribution in [0, 0.1) is 0 Å². The predicted octanol–water partition coefficient (Wildman–Crippen LogP) is 2.52. The second-order valence-corrected chi connectivity index (χ2v) is 6.80. The number of nitrogens with one attached hydrogen (secondary N) is 2. The molecule has 1 atom stereocenters. The molecule has 0 amide bonds. The normalized spacial score (nSPS) is 17.8. The molecule has 1 aromatic rings. The molecule has 1 saturated heterocycles. The minimum atomic E-state index is 0.675. The number of hydrogen-bond donors (Lipinski definition) is 2. The number of methoxy groups -OCH3 is 1. The van der Waals surface area contributed by atoms with Crippen molar-refractivity contribution >= 4 is 17.7 Å². The smallest absolute Gasteiger partial charge is 0.191 e. The molecule has 1 aromatic carbocycles. The maximum atomic E-state index is 5.70. The molecule has 1 heterocycles. The van der Waals surface area contributed by atoms with Gasteiger partial charge < -0.3 is 20.1 Å². The maximum Gasteiger partial charge on any atom is 0.191 e. The van der Waals surface area contributed by atoms with Crippen molar-refractivity contribution in [1.29, 1.82) is 0 Å². The van der Waals surface area contributed by atoms with Gasteiger partial charge in [-0.3, -0.25) is 4.99 Å². The lowest BCUT2D eigenvalue weighted by molar-refractivity contribution is 0.310. The fourth-order valence-corrected chi connectivity index (χ4v) is 3.58. The van der Waals surface area contributed by atoms with Crippen LogP contribution in [-0.2, 0) is 0 Å². The monoisotopic (exact) mass is 337 g/mol. The van der Waals surface area contributed by atoms with E-state index in [-0.39, 0.29) is 0 Å². The van der Waals surface area contributed by atoms with E-state index in [9.17, 15) is 0 Å². The number of guanidine groups is 1. The molecule has 0 spiro atoms. The SMILES string of the molecule is CN=C(NCCCOc1ccc(OC)cc1)NCC1CCCS1. The van der Waals surface area contributed by atoms with Gasteiger partial charge in [0.05, 0.1) is 13.7 Å². The highest BCUT2D eigenvalue weighted by Crippen LogP contribution is 2.25. The first-order chi connectivity index (χ1) is 11.3. The van der Waals surface area contributed by atoms with Crippen LogP contribution in [0.2, 0.25) is 0 Å². The van der Waals surface area contributed by atoms with Crippen molar-refractivity contribution in [3.63, 3.8) is 0 Å². The summed E-state index contributed by atoms with van der Waals surface area (Å²) < 4.78 is 10.8. The number of aliphatic imine (C=N–C) groups is 1. The lowest BCUT2D eigenvalue weighted by Gasteiger charge is -2.15. The molecule has 6 heteroatoms. The summed E-state index contributed by atoms with van der Waals surface area (Å²) in [5, 5.41) is 7.45. The molecule has 5 nitrogen and oxygen atoms in total. The standard InChI is InChI=1S/C17H27N3O2S/c1-18-17(20-13-16-5-3-12-23-16)19-10-4-11-22-15-8-6-14(21-2)7-9-15/h6-9,16H,3-5,10-13H2,1-2H3,(H2,18,19,20). The molecule has 128 valence electrons. The van der Waals surface area contributed by atoms with Gasteiger partial charge in [-0.2, -0.15) is 11.8 Å². The topological polar surface area (TPSA) is 54.9 Å². The van der Waals surface area contributed by atoms with Crippen LogP contribution < -0.4 is 20.1 Å². The zero-order chi connectivity index (χ0) is 16.3. The van der Waals surface area contributed by atoms with Crippen LogP contribution in [0.3, 0.4) is 0 Å². The Bertz CT molecular complexity index is 473. The van der Waals surface area contributed by atoms with Crippen molar-refractivity contribution < 1.29 is 9.47 Å². The minimum Gasteiger partial charge on any atom is -0.497 e. The lowest BCUT2D eigenvalue weighted by Crippen LogP contribution is -2.40. The largest absolute Gasteiger partial charge is 0.497 e. The Morgan fingerprint density at radius 1 is 1.26 bits per heavy atom. The molecule has 0 bridgehead atoms. The van der Waals surface area contributed by atoms with Crippen LogP contribution in [0.15, 0.2) is 29.3 Å². The third-order valence-corrected chi connectivity index (χ3v) is 5.08. The molecule has 0 aromatic heterocycles. The van der Waals surface area contributed by atoms with Crippen LogP contribution in [0.25, 0.3) is 0 Å². The first-order valence-corrected chi connectivity index (χ1v) is 9.19. The summed E-state index contributed by atoms with van der Waals surface area (Å²) in [6.45, 7) is 2.51. The average molecular weight is 337 g/mol. The van der Waals surface area contributed by atoms with E-state index < -0.39 is 0 Å². The van der Waals surface area contributed by atoms with Gasteiger partial charge in [-0.15, -0.1) is 0 Å². The molecule has 1 fully saturated rings. The maximum absolute atomic E-state index is 5.70. The van der Waals surface area contributed by atoms with Gasteiger partial charge in [0, 0.05) is 25.4 Å². The second kappa shape index (κ2) is 10.3. The highest BCUT2D eigenvalue weighted by atomic mass is 32.2. The van der Waals surface area contributed by atoms with E-state index in [2.05, 4.69) is 27.4 Å². The van der Waals surface area contributed by atoms with Gasteiger partial charge in [-0.25, -0.2) is 0 Å². The van der Waals surface area contributed by atoms with Gasteiger partial charge >= 0.3 is 0 Å². The third kappa shape index (κ3) is 6.60. The number of rotatable bonds is 8. The van der Waals surface area contributed by atoms with E-state index in [0.29, 0.717) is 6.61 Å². The van der Waals surface area contributed by atoms with Gasteiger partial charge in [0.15, 0.2) is 5.96 Å². The number of benzene rings is 1. The summed E-state index contributed by atoms with van der Waals surface area (Å²) in [4.78, 5) is 4.25. The summed E-state index contributed by atoms with van der Waals surface area (Å²) in [6.07, 6.45) is 3.57. The van der Waals surface area contributed by atoms with Gasteiger partial charge in [0.25, 0.3) is 0 Å². The Morgan fingerprint density at radius 2 is 2.04 bits per heavy atom. The number of hydrogen-bond acceptors (Lipinski definition) is 4. The number of ether oxygens (including phenoxy) is 2. The molecule has 23 heavy (non-hydrogen) atoms. The van der Waals surface area contributed by atoms with Crippen molar-refractivity contribution in [2.45, 2.75) is 24.5 Å². The van der Waals surface area contributed by atoms with Gasteiger partial charge in [0.2, 0.25) is 0 Å². The Hall–Kier alpha value is -1.56. The molecule has 1 aliphatic heterocycles. The summed E-state index contributed by atoms with van der Waals surface area (Å²) in [5.74, 6) is 3.88. The molecule has 2 N–H and O–H groups in total. The zero-order valence-corrected chi connectivity index (χ0v) is 14.8. The number of thioether (sulfide) groups is 1. The van der Waals surface area contributed by atoms with Gasteiger partial charge in [0.1, 0.15) is 11.5 Å². The Balaban J connectivity index is 1.56. The van der Waals surface area contributed by atoms with E-state index in [1.54, 1.807) is 7.11 Å². The molecule has 0 radical (unpaired) electrons. The van der Waals surface area contributed by atoms with Crippen molar-refractivity contribution in [1.82, 2.24) is 10.6 Å². The van der Waals surface area contributed by atoms with E-state index in [4.69, 9.17) is 9.47 Å². The van der Waals surface area contributed by atoms with Crippen LogP contribution in [0.4, 0.5) is 0 Å². The second-order valence-electron chi connectivity index (χ2n) is 5.39.